The molecule has 27 nitrogen and oxygen atoms in total. The molecule has 2 aromatic heterocycles. The van der Waals surface area contributed by atoms with Gasteiger partial charge in [0.2, 0.25) is 16.9 Å². The van der Waals surface area contributed by atoms with Crippen LogP contribution in [0.1, 0.15) is 38.5 Å². The third kappa shape index (κ3) is 15.5. The number of carboxylic acid groups (broad SMARTS) is 1. The van der Waals surface area contributed by atoms with Crippen molar-refractivity contribution in [3.05, 3.63) is 48.1 Å². The second-order valence-electron chi connectivity index (χ2n) is 14.0. The number of carboxylic acids is 1. The number of aliphatic hydroxyl groups excluding tert-OH is 2. The fraction of sp³-hybridized carbons (Fsp3) is 0.469. The number of benzene rings is 1. The summed E-state index contributed by atoms with van der Waals surface area (Å²) in [5, 5.41) is 44.4. The number of aromatic nitrogens is 4. The number of nitrogens with one attached hydrogen (secondary N) is 2. The standard InChI is InChI=1S/C32H44N7O20P3S/c1-32(2,26(45)29(46)35-8-7-21(41)34-9-10-63-31(47)18(12-22(42)43)11-17-3-5-19(40)6-4-17)14-56-62(53,54)59-61(51,52)55-13-20-25(58-60(48,49)50)24(44)30(57-20)39-16-38-23-27(33)36-15-37-28(23)39/h3-6,11,15-16,20,24-26,30,40,44-45H,7-10,12-14H2,1-2H3,(H,34,41)(H,35,46)(H,42,43)(H,51,52)(H,53,54)(H2,33,36,37)(H2,48,49,50)/t20-,24-,25-,26+,30-/m1/s1. The van der Waals surface area contributed by atoms with Crippen molar-refractivity contribution >= 4 is 81.2 Å². The van der Waals surface area contributed by atoms with E-state index in [0.29, 0.717) is 5.56 Å². The van der Waals surface area contributed by atoms with E-state index in [2.05, 4.69) is 34.4 Å². The maximum atomic E-state index is 12.7. The van der Waals surface area contributed by atoms with Gasteiger partial charge in [0.1, 0.15) is 42.0 Å². The lowest BCUT2D eigenvalue weighted by Crippen LogP contribution is -2.46. The summed E-state index contributed by atoms with van der Waals surface area (Å²) in [6.07, 6.45) is -6.41. The summed E-state index contributed by atoms with van der Waals surface area (Å²) >= 11 is 0.762. The van der Waals surface area contributed by atoms with Crippen molar-refractivity contribution in [1.29, 1.82) is 0 Å². The number of hydrogen-bond donors (Lipinski definition) is 11. The van der Waals surface area contributed by atoms with E-state index in [1.807, 2.05) is 0 Å². The molecule has 0 spiro atoms. The lowest BCUT2D eigenvalue weighted by atomic mass is 9.87. The highest BCUT2D eigenvalue weighted by molar-refractivity contribution is 8.14. The molecule has 3 heterocycles. The van der Waals surface area contributed by atoms with Crippen LogP contribution in [-0.2, 0) is 55.5 Å². The Kier molecular flexibility index (Phi) is 17.7. The number of carbonyl (C=O) groups excluding carboxylic acids is 3. The van der Waals surface area contributed by atoms with E-state index >= 15 is 0 Å². The molecule has 0 bridgehead atoms. The minimum Gasteiger partial charge on any atom is -0.508 e. The average Bonchev–Trinajstić information content (AvgIpc) is 3.74. The number of ether oxygens (including phenoxy) is 1. The number of nitrogen functional groups attached to an aromatic ring is 1. The Morgan fingerprint density at radius 1 is 1.02 bits per heavy atom. The molecule has 1 aliphatic rings. The highest BCUT2D eigenvalue weighted by Gasteiger charge is 2.50. The molecule has 7 atom stereocenters. The molecule has 1 aromatic carbocycles. The molecule has 0 saturated carbocycles. The van der Waals surface area contributed by atoms with Crippen LogP contribution in [0.15, 0.2) is 42.5 Å². The molecule has 4 rings (SSSR count). The maximum Gasteiger partial charge on any atom is 0.481 e. The molecule has 1 aliphatic heterocycles. The Balaban J connectivity index is 1.21. The van der Waals surface area contributed by atoms with Crippen molar-refractivity contribution in [3.8, 4) is 5.75 Å². The number of fused-ring (bicyclic) bond motifs is 1. The maximum absolute atomic E-state index is 12.7. The van der Waals surface area contributed by atoms with Gasteiger partial charge in [-0.1, -0.05) is 37.7 Å². The number of phenols is 1. The first-order chi connectivity index (χ1) is 29.3. The predicted octanol–water partition coefficient (Wildman–Crippen LogP) is -0.0714. The molecular weight excluding hydrogens is 927 g/mol. The zero-order chi connectivity index (χ0) is 46.9. The number of nitrogens with zero attached hydrogens (tertiary/aromatic N) is 4. The lowest BCUT2D eigenvalue weighted by molar-refractivity contribution is -0.137. The zero-order valence-corrected chi connectivity index (χ0v) is 36.5. The molecule has 0 aliphatic carbocycles. The predicted molar refractivity (Wildman–Crippen MR) is 215 cm³/mol. The smallest absolute Gasteiger partial charge is 0.481 e. The number of aromatic hydroxyl groups is 1. The average molecular weight is 972 g/mol. The van der Waals surface area contributed by atoms with Gasteiger partial charge in [-0.15, -0.1) is 0 Å². The van der Waals surface area contributed by atoms with Gasteiger partial charge in [-0.05, 0) is 23.8 Å². The number of aliphatic carboxylic acids is 1. The number of nitrogens with two attached hydrogens (primary N) is 1. The van der Waals surface area contributed by atoms with Crippen LogP contribution in [0.2, 0.25) is 0 Å². The third-order valence-electron chi connectivity index (χ3n) is 8.57. The molecule has 63 heavy (non-hydrogen) atoms. The summed E-state index contributed by atoms with van der Waals surface area (Å²) in [4.78, 5) is 99.9. The molecule has 348 valence electrons. The summed E-state index contributed by atoms with van der Waals surface area (Å²) in [6, 6.07) is 5.73. The van der Waals surface area contributed by atoms with E-state index < -0.39 is 102 Å². The van der Waals surface area contributed by atoms with Crippen LogP contribution >= 0.6 is 35.2 Å². The first kappa shape index (κ1) is 51.4. The van der Waals surface area contributed by atoms with Gasteiger partial charge < -0.3 is 61.1 Å². The van der Waals surface area contributed by atoms with Crippen molar-refractivity contribution in [3.63, 3.8) is 0 Å². The summed E-state index contributed by atoms with van der Waals surface area (Å²) in [6.45, 7) is 0.0283. The van der Waals surface area contributed by atoms with E-state index in [9.17, 15) is 72.9 Å². The van der Waals surface area contributed by atoms with Gasteiger partial charge in [0, 0.05) is 36.3 Å². The van der Waals surface area contributed by atoms with Crippen molar-refractivity contribution in [2.45, 2.75) is 57.3 Å². The number of hydrogen-bond acceptors (Lipinski definition) is 20. The Bertz CT molecular complexity index is 2310. The van der Waals surface area contributed by atoms with Gasteiger partial charge in [0.25, 0.3) is 0 Å². The molecule has 2 amide bonds. The number of phosphoric acid groups is 3. The SMILES string of the molecule is CC(C)(COP(=O)(O)OP(=O)(O)OC[C@H]1O[C@@H](n2cnc3c(N)ncnc32)[C@H](O)[C@@H]1OP(=O)(O)O)[C@@H](O)C(=O)NCCC(=O)NCCSC(=O)C(=Cc1ccc(O)cc1)CC(=O)O. The summed E-state index contributed by atoms with van der Waals surface area (Å²) < 4.78 is 62.2. The topological polar surface area (TPSA) is 421 Å². The monoisotopic (exact) mass is 971 g/mol. The number of phenolic OH excluding ortho intramolecular Hbond substituents is 1. The van der Waals surface area contributed by atoms with Crippen molar-refractivity contribution in [1.82, 2.24) is 30.2 Å². The molecule has 2 unspecified atom stereocenters. The van der Waals surface area contributed by atoms with Gasteiger partial charge in [-0.25, -0.2) is 28.6 Å². The van der Waals surface area contributed by atoms with Gasteiger partial charge in [-0.3, -0.25) is 37.3 Å². The van der Waals surface area contributed by atoms with Crippen LogP contribution in [-0.4, -0.2) is 139 Å². The largest absolute Gasteiger partial charge is 0.508 e. The van der Waals surface area contributed by atoms with Crippen LogP contribution < -0.4 is 16.4 Å². The number of carbonyl (C=O) groups is 4. The Labute approximate surface area is 360 Å². The van der Waals surface area contributed by atoms with Gasteiger partial charge in [0.05, 0.1) is 26.0 Å². The first-order valence-electron chi connectivity index (χ1n) is 18.0. The normalized spacial score (nSPS) is 20.7. The van der Waals surface area contributed by atoms with E-state index in [0.717, 1.165) is 29.0 Å². The number of rotatable bonds is 23. The summed E-state index contributed by atoms with van der Waals surface area (Å²) in [5.41, 5.74) is 4.64. The number of phosphoric ester groups is 3. The van der Waals surface area contributed by atoms with Crippen molar-refractivity contribution < 1.29 is 95.5 Å². The first-order valence-corrected chi connectivity index (χ1v) is 23.6. The molecule has 1 fully saturated rings. The van der Waals surface area contributed by atoms with E-state index in [1.54, 1.807) is 0 Å². The minimum absolute atomic E-state index is 0.00924. The van der Waals surface area contributed by atoms with Crippen LogP contribution in [0.4, 0.5) is 5.82 Å². The second-order valence-corrected chi connectivity index (χ2v) is 19.3. The van der Waals surface area contributed by atoms with Gasteiger partial charge in [-0.2, -0.15) is 4.31 Å². The van der Waals surface area contributed by atoms with E-state index in [1.165, 1.54) is 44.2 Å². The Hall–Kier alpha value is -4.21. The molecule has 31 heteroatoms. The van der Waals surface area contributed by atoms with Crippen LogP contribution in [0.5, 0.6) is 5.75 Å². The van der Waals surface area contributed by atoms with Crippen LogP contribution in [0.3, 0.4) is 0 Å². The van der Waals surface area contributed by atoms with Crippen molar-refractivity contribution in [2.24, 2.45) is 5.41 Å². The van der Waals surface area contributed by atoms with Crippen LogP contribution in [0, 0.1) is 5.41 Å². The molecule has 12 N–H and O–H groups in total. The Morgan fingerprint density at radius 3 is 2.33 bits per heavy atom. The molecule has 0 radical (unpaired) electrons. The quantitative estimate of drug-likeness (QED) is 0.0336. The number of aliphatic hydroxyl groups is 2. The van der Waals surface area contributed by atoms with E-state index in [-0.39, 0.29) is 53.6 Å². The second kappa shape index (κ2) is 21.6. The third-order valence-corrected chi connectivity index (χ3v) is 12.6. The minimum atomic E-state index is -5.61. The Morgan fingerprint density at radius 2 is 1.68 bits per heavy atom. The fourth-order valence-corrected chi connectivity index (χ4v) is 9.02. The lowest BCUT2D eigenvalue weighted by Gasteiger charge is -2.30. The zero-order valence-electron chi connectivity index (χ0n) is 33.0. The number of amides is 2. The number of imidazole rings is 1. The van der Waals surface area contributed by atoms with E-state index in [4.69, 9.17) is 19.5 Å². The molecule has 1 saturated heterocycles. The van der Waals surface area contributed by atoms with Crippen molar-refractivity contribution in [2.75, 3.05) is 37.8 Å². The van der Waals surface area contributed by atoms with Gasteiger partial charge >= 0.3 is 29.4 Å². The molecular formula is C32H44N7O20P3S. The van der Waals surface area contributed by atoms with Crippen LogP contribution in [0.25, 0.3) is 17.2 Å². The number of thioether (sulfide) groups is 1. The highest BCUT2D eigenvalue weighted by Crippen LogP contribution is 2.61. The van der Waals surface area contributed by atoms with Gasteiger partial charge in [0.15, 0.2) is 17.7 Å². The summed E-state index contributed by atoms with van der Waals surface area (Å²) in [5.74, 6) is -2.85. The highest BCUT2D eigenvalue weighted by atomic mass is 32.2. The molecule has 3 aromatic rings. The summed E-state index contributed by atoms with van der Waals surface area (Å²) in [7, 11) is -16.5. The number of anilines is 1. The fourth-order valence-electron chi connectivity index (χ4n) is 5.48.